The number of aromatic nitrogens is 7. The van der Waals surface area contributed by atoms with E-state index >= 15 is 0 Å². The molecule has 2 atom stereocenters. The molecule has 9 nitrogen and oxygen atoms in total. The van der Waals surface area contributed by atoms with Crippen LogP contribution in [0.1, 0.15) is 31.6 Å². The van der Waals surface area contributed by atoms with E-state index in [9.17, 15) is 4.39 Å². The van der Waals surface area contributed by atoms with Crippen LogP contribution in [-0.4, -0.2) is 53.5 Å². The van der Waals surface area contributed by atoms with Crippen molar-refractivity contribution in [2.75, 3.05) is 18.1 Å². The highest BCUT2D eigenvalue weighted by Crippen LogP contribution is 2.41. The predicted octanol–water partition coefficient (Wildman–Crippen LogP) is 3.76. The van der Waals surface area contributed by atoms with Gasteiger partial charge in [-0.3, -0.25) is 9.13 Å². The highest BCUT2D eigenvalue weighted by atomic mass is 35.5. The van der Waals surface area contributed by atoms with Crippen LogP contribution in [0.4, 0.5) is 10.2 Å². The van der Waals surface area contributed by atoms with E-state index in [0.29, 0.717) is 30.5 Å². The summed E-state index contributed by atoms with van der Waals surface area (Å²) in [5.41, 5.74) is 1.49. The van der Waals surface area contributed by atoms with Crippen LogP contribution in [0.2, 0.25) is 5.02 Å². The SMILES string of the molecule is CC[C@@H]1c2nncn2-c2cnc(-n3ccnc3-c3ccc(F)c(Cl)c3)nc2N1C1CCOC1. The average molecular weight is 467 g/mol. The summed E-state index contributed by atoms with van der Waals surface area (Å²) in [4.78, 5) is 16.3. The lowest BCUT2D eigenvalue weighted by Crippen LogP contribution is -2.43. The van der Waals surface area contributed by atoms with Gasteiger partial charge in [0.1, 0.15) is 23.7 Å². The minimum absolute atomic E-state index is 0.0209. The Hall–Kier alpha value is -3.37. The summed E-state index contributed by atoms with van der Waals surface area (Å²) in [5.74, 6) is 2.22. The van der Waals surface area contributed by atoms with Crippen LogP contribution in [0.5, 0.6) is 0 Å². The monoisotopic (exact) mass is 466 g/mol. The molecule has 33 heavy (non-hydrogen) atoms. The highest BCUT2D eigenvalue weighted by Gasteiger charge is 2.39. The molecule has 1 fully saturated rings. The second-order valence-electron chi connectivity index (χ2n) is 8.04. The van der Waals surface area contributed by atoms with E-state index in [1.165, 1.54) is 6.07 Å². The third kappa shape index (κ3) is 3.20. The smallest absolute Gasteiger partial charge is 0.237 e. The van der Waals surface area contributed by atoms with Crippen molar-refractivity contribution in [3.8, 4) is 23.0 Å². The third-order valence-corrected chi connectivity index (χ3v) is 6.46. The van der Waals surface area contributed by atoms with Gasteiger partial charge < -0.3 is 9.64 Å². The van der Waals surface area contributed by atoms with Gasteiger partial charge in [0.2, 0.25) is 5.95 Å². The molecule has 6 rings (SSSR count). The lowest BCUT2D eigenvalue weighted by molar-refractivity contribution is 0.191. The van der Waals surface area contributed by atoms with E-state index in [1.807, 2.05) is 4.57 Å². The summed E-state index contributed by atoms with van der Waals surface area (Å²) in [5, 5.41) is 8.57. The molecule has 4 aromatic rings. The number of ether oxygens (including phenoxy) is 1. The standard InChI is InChI=1S/C22H20ClFN8O/c1-2-17-21-29-27-12-31(21)18-10-26-22(28-20(18)32(17)14-5-8-33-11-14)30-7-6-25-19(30)13-3-4-16(24)15(23)9-13/h3-4,6-7,9-10,12,14,17H,2,5,8,11H2,1H3/t14?,17-/m1/s1. The molecule has 0 N–H and O–H groups in total. The van der Waals surface area contributed by atoms with Gasteiger partial charge >= 0.3 is 0 Å². The number of imidazole rings is 1. The number of hydrogen-bond acceptors (Lipinski definition) is 7. The molecule has 168 valence electrons. The highest BCUT2D eigenvalue weighted by molar-refractivity contribution is 6.31. The molecule has 1 saturated heterocycles. The van der Waals surface area contributed by atoms with Gasteiger partial charge in [-0.15, -0.1) is 10.2 Å². The van der Waals surface area contributed by atoms with Crippen molar-refractivity contribution in [3.63, 3.8) is 0 Å². The topological polar surface area (TPSA) is 86.8 Å². The van der Waals surface area contributed by atoms with Crippen LogP contribution >= 0.6 is 11.6 Å². The second kappa shape index (κ2) is 7.89. The molecule has 1 unspecified atom stereocenters. The van der Waals surface area contributed by atoms with Crippen LogP contribution in [0.25, 0.3) is 23.0 Å². The van der Waals surface area contributed by atoms with Crippen LogP contribution in [0.3, 0.4) is 0 Å². The predicted molar refractivity (Wildman–Crippen MR) is 119 cm³/mol. The van der Waals surface area contributed by atoms with Crippen LogP contribution in [0.15, 0.2) is 43.1 Å². The summed E-state index contributed by atoms with van der Waals surface area (Å²) < 4.78 is 23.1. The van der Waals surface area contributed by atoms with Crippen molar-refractivity contribution in [3.05, 3.63) is 59.8 Å². The van der Waals surface area contributed by atoms with Crippen molar-refractivity contribution in [2.24, 2.45) is 0 Å². The van der Waals surface area contributed by atoms with Gasteiger partial charge in [0.25, 0.3) is 0 Å². The fourth-order valence-corrected chi connectivity index (χ4v) is 4.80. The first-order chi connectivity index (χ1) is 16.2. The zero-order valence-electron chi connectivity index (χ0n) is 17.8. The number of nitrogens with zero attached hydrogens (tertiary/aromatic N) is 8. The van der Waals surface area contributed by atoms with E-state index in [0.717, 1.165) is 30.2 Å². The number of anilines is 1. The number of fused-ring (bicyclic) bond motifs is 3. The summed E-state index contributed by atoms with van der Waals surface area (Å²) in [6, 6.07) is 4.71. The maximum atomic E-state index is 13.7. The first kappa shape index (κ1) is 20.3. The molecular weight excluding hydrogens is 447 g/mol. The van der Waals surface area contributed by atoms with Gasteiger partial charge in [-0.2, -0.15) is 4.98 Å². The summed E-state index contributed by atoms with van der Waals surface area (Å²) >= 11 is 6.01. The molecule has 11 heteroatoms. The summed E-state index contributed by atoms with van der Waals surface area (Å²) in [6.07, 6.45) is 8.67. The maximum Gasteiger partial charge on any atom is 0.237 e. The Kier molecular flexibility index (Phi) is 4.84. The molecule has 2 aliphatic heterocycles. The van der Waals surface area contributed by atoms with Gasteiger partial charge in [-0.05, 0) is 31.0 Å². The molecule has 3 aromatic heterocycles. The zero-order chi connectivity index (χ0) is 22.5. The van der Waals surface area contributed by atoms with Gasteiger partial charge in [-0.25, -0.2) is 14.4 Å². The first-order valence-corrected chi connectivity index (χ1v) is 11.2. The number of benzene rings is 1. The Morgan fingerprint density at radius 2 is 2.15 bits per heavy atom. The van der Waals surface area contributed by atoms with Crippen LogP contribution in [0, 0.1) is 5.82 Å². The van der Waals surface area contributed by atoms with Crippen molar-refractivity contribution >= 4 is 17.4 Å². The van der Waals surface area contributed by atoms with Crippen molar-refractivity contribution in [2.45, 2.75) is 31.8 Å². The Bertz CT molecular complexity index is 1330. The Morgan fingerprint density at radius 3 is 2.94 bits per heavy atom. The van der Waals surface area contributed by atoms with Gasteiger partial charge in [0.15, 0.2) is 11.6 Å². The molecule has 0 spiro atoms. The molecular formula is C22H20ClFN8O. The number of halogens is 2. The fraction of sp³-hybridized carbons (Fsp3) is 0.318. The normalized spacial score (nSPS) is 19.5. The Morgan fingerprint density at radius 1 is 1.24 bits per heavy atom. The Labute approximate surface area is 193 Å². The van der Waals surface area contributed by atoms with Crippen LogP contribution in [-0.2, 0) is 4.74 Å². The van der Waals surface area contributed by atoms with Crippen molar-refractivity contribution in [1.29, 1.82) is 0 Å². The number of rotatable bonds is 4. The molecule has 0 amide bonds. The van der Waals surface area contributed by atoms with Crippen LogP contribution < -0.4 is 4.90 Å². The van der Waals surface area contributed by atoms with E-state index in [2.05, 4.69) is 32.0 Å². The quantitative estimate of drug-likeness (QED) is 0.452. The lowest BCUT2D eigenvalue weighted by Gasteiger charge is -2.40. The summed E-state index contributed by atoms with van der Waals surface area (Å²) in [6.45, 7) is 3.48. The van der Waals surface area contributed by atoms with E-state index < -0.39 is 5.82 Å². The molecule has 2 aliphatic rings. The van der Waals surface area contributed by atoms with Crippen molar-refractivity contribution in [1.82, 2.24) is 34.3 Å². The second-order valence-corrected chi connectivity index (χ2v) is 8.44. The molecule has 5 heterocycles. The van der Waals surface area contributed by atoms with Crippen molar-refractivity contribution < 1.29 is 9.13 Å². The minimum Gasteiger partial charge on any atom is -0.379 e. The van der Waals surface area contributed by atoms with E-state index in [-0.39, 0.29) is 17.1 Å². The Balaban J connectivity index is 1.50. The molecule has 0 saturated carbocycles. The van der Waals surface area contributed by atoms with Gasteiger partial charge in [0, 0.05) is 24.6 Å². The first-order valence-electron chi connectivity index (χ1n) is 10.8. The van der Waals surface area contributed by atoms with E-state index in [1.54, 1.807) is 41.6 Å². The molecule has 0 aliphatic carbocycles. The van der Waals surface area contributed by atoms with Gasteiger partial charge in [0.05, 0.1) is 29.9 Å². The molecule has 0 bridgehead atoms. The lowest BCUT2D eigenvalue weighted by atomic mass is 10.1. The zero-order valence-corrected chi connectivity index (χ0v) is 18.5. The largest absolute Gasteiger partial charge is 0.379 e. The molecule has 0 radical (unpaired) electrons. The third-order valence-electron chi connectivity index (χ3n) is 6.17. The summed E-state index contributed by atoms with van der Waals surface area (Å²) in [7, 11) is 0. The van der Waals surface area contributed by atoms with E-state index in [4.69, 9.17) is 21.3 Å². The fourth-order valence-electron chi connectivity index (χ4n) is 4.62. The maximum absolute atomic E-state index is 13.7. The van der Waals surface area contributed by atoms with Gasteiger partial charge in [-0.1, -0.05) is 18.5 Å². The average Bonchev–Trinajstić information content (AvgIpc) is 3.61. The molecule has 1 aromatic carbocycles. The minimum atomic E-state index is -0.478. The number of hydrogen-bond donors (Lipinski definition) is 0.